The minimum absolute atomic E-state index is 0.0156. The first-order valence-electron chi connectivity index (χ1n) is 12.8. The van der Waals surface area contributed by atoms with Crippen LogP contribution in [-0.2, 0) is 11.2 Å². The number of hydrogen-bond acceptors (Lipinski definition) is 4. The molecule has 35 heavy (non-hydrogen) atoms. The molecule has 0 saturated carbocycles. The summed E-state index contributed by atoms with van der Waals surface area (Å²) in [6, 6.07) is 24.7. The van der Waals surface area contributed by atoms with Crippen molar-refractivity contribution >= 4 is 21.7 Å². The van der Waals surface area contributed by atoms with E-state index in [1.807, 2.05) is 6.92 Å². The summed E-state index contributed by atoms with van der Waals surface area (Å²) in [5, 5.41) is 7.27. The van der Waals surface area contributed by atoms with Crippen LogP contribution in [0.2, 0.25) is 0 Å². The van der Waals surface area contributed by atoms with E-state index < -0.39 is 0 Å². The van der Waals surface area contributed by atoms with Gasteiger partial charge in [0.05, 0.1) is 12.6 Å². The fraction of sp³-hybridized carbons (Fsp3) is 0.367. The van der Waals surface area contributed by atoms with Crippen LogP contribution in [0.3, 0.4) is 0 Å². The van der Waals surface area contributed by atoms with Gasteiger partial charge in [-0.05, 0) is 70.8 Å². The first kappa shape index (κ1) is 23.7. The molecule has 4 aromatic rings. The lowest BCUT2D eigenvalue weighted by Crippen LogP contribution is -2.44. The molecule has 0 radical (unpaired) electrons. The number of aromatic nitrogens is 1. The van der Waals surface area contributed by atoms with Gasteiger partial charge >= 0.3 is 0 Å². The molecule has 0 aliphatic carbocycles. The van der Waals surface area contributed by atoms with Gasteiger partial charge in [-0.15, -0.1) is 0 Å². The highest BCUT2D eigenvalue weighted by atomic mass is 16.5. The molecule has 2 N–H and O–H groups in total. The van der Waals surface area contributed by atoms with Gasteiger partial charge < -0.3 is 15.0 Å². The predicted molar refractivity (Wildman–Crippen MR) is 144 cm³/mol. The van der Waals surface area contributed by atoms with E-state index in [9.17, 15) is 4.79 Å². The molecule has 1 atom stereocenters. The quantitative estimate of drug-likeness (QED) is 0.355. The summed E-state index contributed by atoms with van der Waals surface area (Å²) in [7, 11) is 1.75. The first-order valence-corrected chi connectivity index (χ1v) is 12.8. The third kappa shape index (κ3) is 5.18. The van der Waals surface area contributed by atoms with Crippen LogP contribution in [0.5, 0.6) is 0 Å². The fourth-order valence-electron chi connectivity index (χ4n) is 5.42. The highest BCUT2D eigenvalue weighted by Gasteiger charge is 2.27. The maximum absolute atomic E-state index is 12.3. The van der Waals surface area contributed by atoms with Crippen LogP contribution in [0.25, 0.3) is 21.7 Å². The maximum Gasteiger partial charge on any atom is 0.251 e. The molecule has 0 spiro atoms. The fourth-order valence-corrected chi connectivity index (χ4v) is 5.42. The number of pyridine rings is 1. The number of benzene rings is 3. The summed E-state index contributed by atoms with van der Waals surface area (Å²) in [4.78, 5) is 18.0. The predicted octanol–water partition coefficient (Wildman–Crippen LogP) is 5.03. The summed E-state index contributed by atoms with van der Waals surface area (Å²) in [5.41, 5.74) is 4.33. The minimum Gasteiger partial charge on any atom is -0.383 e. The van der Waals surface area contributed by atoms with Crippen LogP contribution in [0, 0.1) is 0 Å². The number of aromatic amines is 1. The highest BCUT2D eigenvalue weighted by molar-refractivity contribution is 5.83. The van der Waals surface area contributed by atoms with Crippen molar-refractivity contribution in [3.8, 4) is 0 Å². The number of aryl methyl sites for hydroxylation is 1. The van der Waals surface area contributed by atoms with E-state index in [4.69, 9.17) is 4.74 Å². The van der Waals surface area contributed by atoms with E-state index in [0.717, 1.165) is 62.0 Å². The lowest BCUT2D eigenvalue weighted by molar-refractivity contribution is 0.152. The number of methoxy groups -OCH3 is 1. The molecule has 1 aromatic heterocycles. The average molecular weight is 470 g/mol. The Morgan fingerprint density at radius 1 is 0.971 bits per heavy atom. The van der Waals surface area contributed by atoms with Gasteiger partial charge in [-0.2, -0.15) is 0 Å². The molecule has 1 unspecified atom stereocenters. The smallest absolute Gasteiger partial charge is 0.251 e. The number of ether oxygens (including phenoxy) is 1. The van der Waals surface area contributed by atoms with Crippen LogP contribution < -0.4 is 10.9 Å². The Hall–Kier alpha value is -2.99. The first-order chi connectivity index (χ1) is 17.2. The number of nitrogens with one attached hydrogen (secondary N) is 2. The van der Waals surface area contributed by atoms with Crippen LogP contribution in [0.4, 0.5) is 0 Å². The molecule has 1 fully saturated rings. The van der Waals surface area contributed by atoms with Crippen molar-refractivity contribution < 1.29 is 4.74 Å². The molecule has 182 valence electrons. The Kier molecular flexibility index (Phi) is 7.28. The van der Waals surface area contributed by atoms with E-state index >= 15 is 0 Å². The Balaban J connectivity index is 1.51. The Labute approximate surface area is 207 Å². The number of likely N-dealkylation sites (tertiary alicyclic amines) is 1. The Morgan fingerprint density at radius 2 is 1.69 bits per heavy atom. The van der Waals surface area contributed by atoms with E-state index in [1.165, 1.54) is 21.9 Å². The summed E-state index contributed by atoms with van der Waals surface area (Å²) >= 11 is 0. The number of piperidine rings is 1. The van der Waals surface area contributed by atoms with Crippen molar-refractivity contribution in [3.05, 3.63) is 93.8 Å². The summed E-state index contributed by atoms with van der Waals surface area (Å²) < 4.78 is 5.21. The Bertz CT molecular complexity index is 1350. The van der Waals surface area contributed by atoms with Crippen LogP contribution in [0.15, 0.2) is 71.5 Å². The molecule has 5 nitrogen and oxygen atoms in total. The topological polar surface area (TPSA) is 57.4 Å². The Morgan fingerprint density at radius 3 is 2.43 bits per heavy atom. The molecule has 1 aliphatic heterocycles. The lowest BCUT2D eigenvalue weighted by Gasteiger charge is -2.38. The number of rotatable bonds is 8. The third-order valence-electron chi connectivity index (χ3n) is 7.37. The van der Waals surface area contributed by atoms with Gasteiger partial charge in [-0.1, -0.05) is 49.4 Å². The summed E-state index contributed by atoms with van der Waals surface area (Å²) in [6.07, 6.45) is 2.97. The molecular weight excluding hydrogens is 434 g/mol. The molecule has 0 bridgehead atoms. The summed E-state index contributed by atoms with van der Waals surface area (Å²) in [5.74, 6) is 0. The number of H-pyrrole nitrogens is 1. The van der Waals surface area contributed by atoms with Gasteiger partial charge in [-0.3, -0.25) is 9.69 Å². The minimum atomic E-state index is 0.0156. The molecule has 1 aliphatic rings. The molecule has 5 heteroatoms. The van der Waals surface area contributed by atoms with Crippen molar-refractivity contribution in [3.63, 3.8) is 0 Å². The number of hydrogen-bond donors (Lipinski definition) is 2. The molecule has 2 heterocycles. The van der Waals surface area contributed by atoms with Gasteiger partial charge in [0.2, 0.25) is 0 Å². The molecule has 5 rings (SSSR count). The zero-order valence-corrected chi connectivity index (χ0v) is 20.7. The van der Waals surface area contributed by atoms with E-state index in [2.05, 4.69) is 81.9 Å². The number of nitrogens with zero attached hydrogens (tertiary/aromatic N) is 1. The number of fused-ring (bicyclic) bond motifs is 2. The monoisotopic (exact) mass is 469 g/mol. The van der Waals surface area contributed by atoms with Crippen molar-refractivity contribution in [2.75, 3.05) is 33.4 Å². The van der Waals surface area contributed by atoms with Crippen molar-refractivity contribution in [2.24, 2.45) is 0 Å². The van der Waals surface area contributed by atoms with E-state index in [0.29, 0.717) is 6.04 Å². The molecular formula is C30H35N3O2. The van der Waals surface area contributed by atoms with Gasteiger partial charge in [-0.25, -0.2) is 0 Å². The normalized spacial score (nSPS) is 16.2. The summed E-state index contributed by atoms with van der Waals surface area (Å²) in [6.45, 7) is 5.75. The zero-order chi connectivity index (χ0) is 24.2. The zero-order valence-electron chi connectivity index (χ0n) is 20.7. The van der Waals surface area contributed by atoms with Gasteiger partial charge in [0.15, 0.2) is 0 Å². The van der Waals surface area contributed by atoms with Gasteiger partial charge in [0.1, 0.15) is 0 Å². The third-order valence-corrected chi connectivity index (χ3v) is 7.37. The van der Waals surface area contributed by atoms with Crippen LogP contribution in [-0.4, -0.2) is 49.3 Å². The van der Waals surface area contributed by atoms with E-state index in [-0.39, 0.29) is 11.6 Å². The van der Waals surface area contributed by atoms with Crippen molar-refractivity contribution in [1.29, 1.82) is 0 Å². The largest absolute Gasteiger partial charge is 0.383 e. The standard InChI is InChI=1S/C30H35N3O2/c1-3-21-18-26-20-25(10-11-28(26)32-30(21)34)29(24-9-8-22-6-4-5-7-23(22)19-24)33-15-12-27(13-16-33)31-14-17-35-2/h4-11,18-20,27,29,31H,3,12-17H2,1-2H3,(H,32,34). The average Bonchev–Trinajstić information content (AvgIpc) is 2.89. The molecule has 1 saturated heterocycles. The van der Waals surface area contributed by atoms with Gasteiger partial charge in [0.25, 0.3) is 5.56 Å². The SMILES string of the molecule is CCc1cc2cc(C(c3ccc4ccccc4c3)N3CCC(NCCOC)CC3)ccc2[nH]c1=O. The van der Waals surface area contributed by atoms with Gasteiger partial charge in [0, 0.05) is 43.9 Å². The maximum atomic E-state index is 12.3. The second kappa shape index (κ2) is 10.7. The second-order valence-electron chi connectivity index (χ2n) is 9.59. The molecule has 0 amide bonds. The lowest BCUT2D eigenvalue weighted by atomic mass is 9.91. The van der Waals surface area contributed by atoms with E-state index in [1.54, 1.807) is 7.11 Å². The van der Waals surface area contributed by atoms with Crippen molar-refractivity contribution in [1.82, 2.24) is 15.2 Å². The van der Waals surface area contributed by atoms with Crippen LogP contribution in [0.1, 0.15) is 42.5 Å². The second-order valence-corrected chi connectivity index (χ2v) is 9.59. The van der Waals surface area contributed by atoms with Crippen molar-refractivity contribution in [2.45, 2.75) is 38.3 Å². The van der Waals surface area contributed by atoms with Crippen LogP contribution >= 0.6 is 0 Å². The molecule has 3 aromatic carbocycles. The highest BCUT2D eigenvalue weighted by Crippen LogP contribution is 2.34.